The number of carbonyl (C=O) groups is 1. The Morgan fingerprint density at radius 3 is 2.94 bits per heavy atom. The van der Waals surface area contributed by atoms with Crippen molar-refractivity contribution in [1.82, 2.24) is 24.9 Å². The van der Waals surface area contributed by atoms with E-state index in [4.69, 9.17) is 33.7 Å². The highest BCUT2D eigenvalue weighted by atomic mass is 35.5. The van der Waals surface area contributed by atoms with Gasteiger partial charge in [0.25, 0.3) is 0 Å². The Labute approximate surface area is 200 Å². The van der Waals surface area contributed by atoms with Crippen LogP contribution in [0.2, 0.25) is 10.0 Å². The molecule has 0 aliphatic heterocycles. The number of rotatable bonds is 10. The molecule has 0 saturated heterocycles. The highest BCUT2D eigenvalue weighted by Crippen LogP contribution is 2.35. The van der Waals surface area contributed by atoms with Crippen LogP contribution < -0.4 is 15.8 Å². The molecule has 11 heteroatoms. The van der Waals surface area contributed by atoms with Crippen LogP contribution in [0.4, 0.5) is 0 Å². The third-order valence-electron chi connectivity index (χ3n) is 5.22. The summed E-state index contributed by atoms with van der Waals surface area (Å²) < 4.78 is 7.75. The van der Waals surface area contributed by atoms with E-state index >= 15 is 0 Å². The Morgan fingerprint density at radius 2 is 2.19 bits per heavy atom. The lowest BCUT2D eigenvalue weighted by Crippen LogP contribution is -2.41. The van der Waals surface area contributed by atoms with Gasteiger partial charge in [-0.15, -0.1) is 11.8 Å². The summed E-state index contributed by atoms with van der Waals surface area (Å²) >= 11 is 14.3. The molecule has 8 nitrogen and oxygen atoms in total. The zero-order chi connectivity index (χ0) is 22.7. The largest absolute Gasteiger partial charge is 0.493 e. The van der Waals surface area contributed by atoms with Crippen molar-refractivity contribution in [2.45, 2.75) is 49.2 Å². The average Bonchev–Trinajstić information content (AvgIpc) is 3.52. The van der Waals surface area contributed by atoms with Crippen LogP contribution in [0.5, 0.6) is 5.75 Å². The second-order valence-electron chi connectivity index (χ2n) is 7.65. The molecule has 0 radical (unpaired) electrons. The van der Waals surface area contributed by atoms with E-state index in [9.17, 15) is 4.79 Å². The van der Waals surface area contributed by atoms with E-state index in [0.29, 0.717) is 53.4 Å². The van der Waals surface area contributed by atoms with Crippen LogP contribution in [-0.4, -0.2) is 50.4 Å². The number of amides is 1. The van der Waals surface area contributed by atoms with Gasteiger partial charge in [0.15, 0.2) is 5.65 Å². The lowest BCUT2D eigenvalue weighted by Gasteiger charge is -2.15. The minimum atomic E-state index is -0.532. The van der Waals surface area contributed by atoms with Crippen LogP contribution in [0.15, 0.2) is 29.7 Å². The third-order valence-corrected chi connectivity index (χ3v) is 6.74. The van der Waals surface area contributed by atoms with Gasteiger partial charge in [-0.25, -0.2) is 14.5 Å². The van der Waals surface area contributed by atoms with Crippen molar-refractivity contribution in [3.05, 3.63) is 46.0 Å². The topological polar surface area (TPSA) is 107 Å². The fourth-order valence-electron chi connectivity index (χ4n) is 3.32. The number of halogens is 2. The molecule has 1 aromatic carbocycles. The van der Waals surface area contributed by atoms with E-state index in [1.165, 1.54) is 18.1 Å². The van der Waals surface area contributed by atoms with Crippen molar-refractivity contribution in [3.63, 3.8) is 0 Å². The fraction of sp³-hybridized carbons (Fsp3) is 0.429. The summed E-state index contributed by atoms with van der Waals surface area (Å²) in [5.41, 5.74) is 8.26. The molecule has 1 saturated carbocycles. The molecule has 4 rings (SSSR count). The number of fused-ring (bicyclic) bond motifs is 1. The molecule has 3 aromatic rings. The highest BCUT2D eigenvalue weighted by Gasteiger charge is 2.25. The van der Waals surface area contributed by atoms with Crippen LogP contribution in [0.25, 0.3) is 5.65 Å². The maximum atomic E-state index is 12.0. The van der Waals surface area contributed by atoms with Crippen molar-refractivity contribution in [2.24, 2.45) is 5.73 Å². The van der Waals surface area contributed by atoms with Crippen LogP contribution in [0.3, 0.4) is 0 Å². The van der Waals surface area contributed by atoms with Gasteiger partial charge in [-0.3, -0.25) is 4.79 Å². The van der Waals surface area contributed by atoms with Gasteiger partial charge in [0.1, 0.15) is 17.1 Å². The second kappa shape index (κ2) is 10.2. The van der Waals surface area contributed by atoms with Crippen LogP contribution in [0, 0.1) is 0 Å². The van der Waals surface area contributed by atoms with Gasteiger partial charge in [0.2, 0.25) is 5.91 Å². The first kappa shape index (κ1) is 23.1. The number of hydrogen-bond donors (Lipinski definition) is 2. The van der Waals surface area contributed by atoms with Gasteiger partial charge in [-0.05, 0) is 44.1 Å². The fourth-order valence-corrected chi connectivity index (χ4v) is 4.19. The average molecular weight is 495 g/mol. The predicted octanol–water partition coefficient (Wildman–Crippen LogP) is 3.51. The Hall–Kier alpha value is -2.07. The molecule has 0 unspecified atom stereocenters. The lowest BCUT2D eigenvalue weighted by molar-refractivity contribution is -0.122. The minimum Gasteiger partial charge on any atom is -0.493 e. The summed E-state index contributed by atoms with van der Waals surface area (Å²) in [5, 5.41) is 8.92. The number of nitrogens with two attached hydrogens (primary N) is 1. The van der Waals surface area contributed by atoms with Gasteiger partial charge in [-0.1, -0.05) is 23.2 Å². The second-order valence-corrected chi connectivity index (χ2v) is 9.23. The molecule has 3 N–H and O–H groups in total. The SMILES string of the molecule is CSc1ncnn2c(Cc3c(OCCC[C@@H](N)C(=O)NC4CC4)ccc(Cl)c3Cl)cnc12. The lowest BCUT2D eigenvalue weighted by atomic mass is 10.1. The first-order valence-electron chi connectivity index (χ1n) is 10.3. The molecule has 0 bridgehead atoms. The van der Waals surface area contributed by atoms with Crippen LogP contribution >= 0.6 is 35.0 Å². The zero-order valence-electron chi connectivity index (χ0n) is 17.6. The molecule has 1 amide bonds. The molecule has 2 aromatic heterocycles. The van der Waals surface area contributed by atoms with E-state index in [0.717, 1.165) is 29.1 Å². The number of carbonyl (C=O) groups excluding carboxylic acids is 1. The number of imidazole rings is 1. The molecule has 1 aliphatic carbocycles. The Bertz CT molecular complexity index is 1120. The molecule has 0 spiro atoms. The van der Waals surface area contributed by atoms with E-state index in [1.54, 1.807) is 22.8 Å². The van der Waals surface area contributed by atoms with Gasteiger partial charge < -0.3 is 15.8 Å². The molecule has 32 heavy (non-hydrogen) atoms. The Balaban J connectivity index is 1.44. The molecular weight excluding hydrogens is 471 g/mol. The molecule has 1 atom stereocenters. The quantitative estimate of drug-likeness (QED) is 0.327. The van der Waals surface area contributed by atoms with Gasteiger partial charge in [-0.2, -0.15) is 5.10 Å². The number of nitrogens with one attached hydrogen (secondary N) is 1. The first-order chi connectivity index (χ1) is 15.5. The smallest absolute Gasteiger partial charge is 0.237 e. The summed E-state index contributed by atoms with van der Waals surface area (Å²) in [6, 6.07) is 3.28. The summed E-state index contributed by atoms with van der Waals surface area (Å²) in [6.45, 7) is 0.404. The molecular formula is C21H24Cl2N6O2S. The Morgan fingerprint density at radius 1 is 1.38 bits per heavy atom. The number of aromatic nitrogens is 4. The number of benzene rings is 1. The summed E-state index contributed by atoms with van der Waals surface area (Å²) in [5.74, 6) is 0.534. The van der Waals surface area contributed by atoms with E-state index < -0.39 is 6.04 Å². The molecule has 1 fully saturated rings. The number of thioether (sulfide) groups is 1. The van der Waals surface area contributed by atoms with Gasteiger partial charge in [0, 0.05) is 18.0 Å². The van der Waals surface area contributed by atoms with Gasteiger partial charge >= 0.3 is 0 Å². The zero-order valence-corrected chi connectivity index (χ0v) is 19.9. The van der Waals surface area contributed by atoms with Crippen molar-refractivity contribution in [3.8, 4) is 5.75 Å². The van der Waals surface area contributed by atoms with Crippen molar-refractivity contribution in [2.75, 3.05) is 12.9 Å². The monoisotopic (exact) mass is 494 g/mol. The standard InChI is InChI=1S/C21H24Cl2N6O2S/c1-32-21-19-25-10-13(29(19)27-11-26-21)9-14-17(7-6-15(22)18(14)23)31-8-2-3-16(24)20(30)28-12-4-5-12/h6-7,10-12,16H,2-5,8-9,24H2,1H3,(H,28,30)/t16-/m1/s1. The van der Waals surface area contributed by atoms with Gasteiger partial charge in [0.05, 0.1) is 34.6 Å². The molecule has 2 heterocycles. The molecule has 1 aliphatic rings. The summed E-state index contributed by atoms with van der Waals surface area (Å²) in [6.07, 6.45) is 8.89. The third kappa shape index (κ3) is 5.28. The van der Waals surface area contributed by atoms with E-state index in [2.05, 4.69) is 20.4 Å². The normalized spacial score (nSPS) is 14.5. The number of ether oxygens (including phenoxy) is 1. The van der Waals surface area contributed by atoms with Crippen LogP contribution in [0.1, 0.15) is 36.9 Å². The number of nitrogens with zero attached hydrogens (tertiary/aromatic N) is 4. The van der Waals surface area contributed by atoms with Crippen molar-refractivity contribution in [1.29, 1.82) is 0 Å². The van der Waals surface area contributed by atoms with Crippen molar-refractivity contribution >= 4 is 46.5 Å². The first-order valence-corrected chi connectivity index (χ1v) is 12.3. The van der Waals surface area contributed by atoms with E-state index in [-0.39, 0.29) is 5.91 Å². The van der Waals surface area contributed by atoms with E-state index in [1.807, 2.05) is 6.26 Å². The predicted molar refractivity (Wildman–Crippen MR) is 126 cm³/mol. The van der Waals surface area contributed by atoms with Crippen molar-refractivity contribution < 1.29 is 9.53 Å². The maximum Gasteiger partial charge on any atom is 0.237 e. The highest BCUT2D eigenvalue weighted by molar-refractivity contribution is 7.98. The molecule has 170 valence electrons. The summed E-state index contributed by atoms with van der Waals surface area (Å²) in [4.78, 5) is 20.7. The number of hydrogen-bond acceptors (Lipinski definition) is 7. The van der Waals surface area contributed by atoms with Crippen LogP contribution in [-0.2, 0) is 11.2 Å². The maximum absolute atomic E-state index is 12.0. The minimum absolute atomic E-state index is 0.0954. The Kier molecular flexibility index (Phi) is 7.40. The summed E-state index contributed by atoms with van der Waals surface area (Å²) in [7, 11) is 0.